The van der Waals surface area contributed by atoms with Gasteiger partial charge in [-0.05, 0) is 31.2 Å². The number of nitrogens with two attached hydrogens (primary N) is 1. The summed E-state index contributed by atoms with van der Waals surface area (Å²) in [5, 5.41) is 0. The molecule has 0 aliphatic heterocycles. The quantitative estimate of drug-likeness (QED) is 0.892. The van der Waals surface area contributed by atoms with Crippen molar-refractivity contribution in [3.05, 3.63) is 58.9 Å². The van der Waals surface area contributed by atoms with E-state index in [4.69, 9.17) is 5.73 Å². The third kappa shape index (κ3) is 3.62. The van der Waals surface area contributed by atoms with Crippen LogP contribution in [0.4, 0.5) is 18.9 Å². The third-order valence-electron chi connectivity index (χ3n) is 3.02. The Morgan fingerprint density at radius 2 is 1.61 bits per heavy atom. The first-order valence-corrected chi connectivity index (χ1v) is 7.67. The van der Waals surface area contributed by atoms with Gasteiger partial charge in [0.25, 0.3) is 10.0 Å². The van der Waals surface area contributed by atoms with Gasteiger partial charge in [0.05, 0.1) is 10.6 Å². The first-order valence-electron chi connectivity index (χ1n) is 6.19. The molecule has 0 saturated heterocycles. The highest BCUT2D eigenvalue weighted by atomic mass is 32.2. The maximum Gasteiger partial charge on any atom is 0.262 e. The summed E-state index contributed by atoms with van der Waals surface area (Å²) in [6.45, 7) is 1.27. The number of carbonyl (C=O) groups excluding carboxylic acids is 1. The number of carbonyl (C=O) groups is 1. The van der Waals surface area contributed by atoms with E-state index in [9.17, 15) is 26.4 Å². The van der Waals surface area contributed by atoms with Gasteiger partial charge in [0.2, 0.25) is 5.91 Å². The molecule has 2 aromatic rings. The van der Waals surface area contributed by atoms with Crippen LogP contribution < -0.4 is 10.5 Å². The molecule has 2 rings (SSSR count). The van der Waals surface area contributed by atoms with Gasteiger partial charge < -0.3 is 5.73 Å². The van der Waals surface area contributed by atoms with Crippen LogP contribution in [0, 0.1) is 24.4 Å². The molecule has 0 fully saturated rings. The molecular weight excluding hydrogens is 333 g/mol. The molecule has 5 nitrogen and oxygen atoms in total. The van der Waals surface area contributed by atoms with Crippen LogP contribution in [0.25, 0.3) is 0 Å². The summed E-state index contributed by atoms with van der Waals surface area (Å²) in [4.78, 5) is 10.4. The zero-order valence-corrected chi connectivity index (χ0v) is 12.5. The number of hydrogen-bond donors (Lipinski definition) is 2. The predicted octanol–water partition coefficient (Wildman–Crippen LogP) is 2.31. The predicted molar refractivity (Wildman–Crippen MR) is 76.8 cm³/mol. The molecule has 0 aliphatic rings. The molecule has 0 aliphatic carbocycles. The molecule has 0 saturated carbocycles. The minimum atomic E-state index is -4.39. The second-order valence-electron chi connectivity index (χ2n) is 4.71. The van der Waals surface area contributed by atoms with Crippen LogP contribution in [-0.4, -0.2) is 14.3 Å². The van der Waals surface area contributed by atoms with Crippen molar-refractivity contribution in [2.45, 2.75) is 11.8 Å². The van der Waals surface area contributed by atoms with Crippen molar-refractivity contribution in [2.24, 2.45) is 5.73 Å². The monoisotopic (exact) mass is 344 g/mol. The lowest BCUT2D eigenvalue weighted by Crippen LogP contribution is -2.17. The molecular formula is C14H11F3N2O3S. The smallest absolute Gasteiger partial charge is 0.262 e. The molecule has 3 N–H and O–H groups in total. The van der Waals surface area contributed by atoms with Crippen molar-refractivity contribution in [3.8, 4) is 0 Å². The molecule has 0 aromatic heterocycles. The summed E-state index contributed by atoms with van der Waals surface area (Å²) < 4.78 is 66.4. The fraction of sp³-hybridized carbons (Fsp3) is 0.0714. The number of benzene rings is 2. The molecule has 0 atom stereocenters. The van der Waals surface area contributed by atoms with Gasteiger partial charge in [-0.1, -0.05) is 0 Å². The van der Waals surface area contributed by atoms with Gasteiger partial charge >= 0.3 is 0 Å². The highest BCUT2D eigenvalue weighted by Gasteiger charge is 2.20. The molecule has 0 spiro atoms. The van der Waals surface area contributed by atoms with Gasteiger partial charge in [-0.3, -0.25) is 9.52 Å². The van der Waals surface area contributed by atoms with Gasteiger partial charge in [0.15, 0.2) is 0 Å². The van der Waals surface area contributed by atoms with Gasteiger partial charge in [-0.2, -0.15) is 0 Å². The first kappa shape index (κ1) is 16.8. The molecule has 0 heterocycles. The van der Waals surface area contributed by atoms with E-state index in [1.165, 1.54) is 6.92 Å². The Bertz CT molecular complexity index is 878. The van der Waals surface area contributed by atoms with Gasteiger partial charge in [0, 0.05) is 17.2 Å². The average molecular weight is 344 g/mol. The largest absolute Gasteiger partial charge is 0.366 e. The molecule has 9 heteroatoms. The van der Waals surface area contributed by atoms with E-state index in [0.29, 0.717) is 18.2 Å². The fourth-order valence-corrected chi connectivity index (χ4v) is 2.97. The maximum atomic E-state index is 13.7. The second kappa shape index (κ2) is 5.92. The summed E-state index contributed by atoms with van der Waals surface area (Å²) in [6.07, 6.45) is 0. The van der Waals surface area contributed by atoms with Crippen LogP contribution >= 0.6 is 0 Å². The van der Waals surface area contributed by atoms with E-state index < -0.39 is 38.3 Å². The van der Waals surface area contributed by atoms with Crippen molar-refractivity contribution in [1.29, 1.82) is 0 Å². The van der Waals surface area contributed by atoms with Crippen LogP contribution in [0.5, 0.6) is 0 Å². The van der Waals surface area contributed by atoms with Crippen LogP contribution in [0.15, 0.2) is 35.2 Å². The normalized spacial score (nSPS) is 11.3. The summed E-state index contributed by atoms with van der Waals surface area (Å²) >= 11 is 0. The molecule has 122 valence electrons. The van der Waals surface area contributed by atoms with E-state index in [0.717, 1.165) is 12.1 Å². The number of hydrogen-bond acceptors (Lipinski definition) is 3. The van der Waals surface area contributed by atoms with Gasteiger partial charge in [-0.25, -0.2) is 21.6 Å². The SMILES string of the molecule is Cc1c(F)cc(C(N)=O)cc1NS(=O)(=O)c1cc(F)cc(F)c1. The number of nitrogens with one attached hydrogen (secondary N) is 1. The summed E-state index contributed by atoms with van der Waals surface area (Å²) in [5.41, 5.74) is 4.42. The Morgan fingerprint density at radius 1 is 1.04 bits per heavy atom. The lowest BCUT2D eigenvalue weighted by atomic mass is 10.1. The molecule has 0 bridgehead atoms. The molecule has 23 heavy (non-hydrogen) atoms. The van der Waals surface area contributed by atoms with Gasteiger partial charge in [0.1, 0.15) is 17.5 Å². The Morgan fingerprint density at radius 3 is 2.13 bits per heavy atom. The Balaban J connectivity index is 2.51. The number of halogens is 3. The second-order valence-corrected chi connectivity index (χ2v) is 6.39. The van der Waals surface area contributed by atoms with E-state index >= 15 is 0 Å². The van der Waals surface area contributed by atoms with Crippen molar-refractivity contribution in [3.63, 3.8) is 0 Å². The molecule has 0 radical (unpaired) electrons. The standard InChI is InChI=1S/C14H11F3N2O3S/c1-7-12(17)2-8(14(18)20)3-13(7)19-23(21,22)11-5-9(15)4-10(16)6-11/h2-6,19H,1H3,(H2,18,20). The Kier molecular flexibility index (Phi) is 4.33. The fourth-order valence-electron chi connectivity index (χ4n) is 1.81. The lowest BCUT2D eigenvalue weighted by Gasteiger charge is -2.12. The number of sulfonamides is 1. The van der Waals surface area contributed by atoms with E-state index in [1.807, 2.05) is 4.72 Å². The summed E-state index contributed by atoms with van der Waals surface area (Å²) in [5.74, 6) is -3.98. The van der Waals surface area contributed by atoms with Crippen LogP contribution in [0.2, 0.25) is 0 Å². The molecule has 0 unspecified atom stereocenters. The van der Waals surface area contributed by atoms with Crippen molar-refractivity contribution in [2.75, 3.05) is 4.72 Å². The highest BCUT2D eigenvalue weighted by molar-refractivity contribution is 7.92. The van der Waals surface area contributed by atoms with E-state index in [2.05, 4.69) is 0 Å². The number of rotatable bonds is 4. The maximum absolute atomic E-state index is 13.7. The van der Waals surface area contributed by atoms with Crippen LogP contribution in [-0.2, 0) is 10.0 Å². The third-order valence-corrected chi connectivity index (χ3v) is 4.36. The summed E-state index contributed by atoms with van der Waals surface area (Å²) in [7, 11) is -4.39. The highest BCUT2D eigenvalue weighted by Crippen LogP contribution is 2.24. The van der Waals surface area contributed by atoms with E-state index in [1.54, 1.807) is 0 Å². The number of primary amides is 1. The number of amides is 1. The van der Waals surface area contributed by atoms with E-state index in [-0.39, 0.29) is 16.8 Å². The minimum absolute atomic E-state index is 0.101. The average Bonchev–Trinajstić information content (AvgIpc) is 2.42. The topological polar surface area (TPSA) is 89.3 Å². The zero-order chi connectivity index (χ0) is 17.4. The first-order chi connectivity index (χ1) is 10.6. The zero-order valence-electron chi connectivity index (χ0n) is 11.7. The molecule has 2 aromatic carbocycles. The van der Waals surface area contributed by atoms with Crippen LogP contribution in [0.3, 0.4) is 0 Å². The molecule has 1 amide bonds. The lowest BCUT2D eigenvalue weighted by molar-refractivity contribution is 0.1000. The van der Waals surface area contributed by atoms with Crippen molar-refractivity contribution >= 4 is 21.6 Å². The van der Waals surface area contributed by atoms with Gasteiger partial charge in [-0.15, -0.1) is 0 Å². The van der Waals surface area contributed by atoms with Crippen LogP contribution in [0.1, 0.15) is 15.9 Å². The van der Waals surface area contributed by atoms with Crippen molar-refractivity contribution in [1.82, 2.24) is 0 Å². The Hall–Kier alpha value is -2.55. The Labute approximate surface area is 130 Å². The minimum Gasteiger partial charge on any atom is -0.366 e. The van der Waals surface area contributed by atoms with Crippen molar-refractivity contribution < 1.29 is 26.4 Å². The number of anilines is 1. The summed E-state index contributed by atoms with van der Waals surface area (Å²) in [6, 6.07) is 3.62.